The highest BCUT2D eigenvalue weighted by Crippen LogP contribution is 2.45. The molecule has 1 unspecified atom stereocenters. The highest BCUT2D eigenvalue weighted by atomic mass is 79.9. The fraction of sp³-hybridized carbons (Fsp3) is 0.130. The minimum Gasteiger partial charge on any atom is -0.507 e. The molecule has 2 aromatic carbocycles. The van der Waals surface area contributed by atoms with E-state index >= 15 is 0 Å². The van der Waals surface area contributed by atoms with Crippen molar-refractivity contribution >= 4 is 62.0 Å². The average Bonchev–Trinajstić information content (AvgIpc) is 3.36. The number of aliphatic hydroxyl groups excluding tert-OH is 1. The summed E-state index contributed by atoms with van der Waals surface area (Å²) in [5.74, 6) is -1.12. The lowest BCUT2D eigenvalue weighted by atomic mass is 9.99. The zero-order valence-corrected chi connectivity index (χ0v) is 19.7. The lowest BCUT2D eigenvalue weighted by molar-refractivity contribution is -0.132. The molecule has 1 N–H and O–H groups in total. The van der Waals surface area contributed by atoms with Gasteiger partial charge in [0.1, 0.15) is 17.6 Å². The summed E-state index contributed by atoms with van der Waals surface area (Å²) in [6, 6.07) is 13.1. The molecule has 1 amide bonds. The number of carbonyl (C=O) groups is 2. The summed E-state index contributed by atoms with van der Waals surface area (Å²) < 4.78 is 5.86. The summed E-state index contributed by atoms with van der Waals surface area (Å²) >= 11 is 11.0. The van der Waals surface area contributed by atoms with Crippen LogP contribution in [0.1, 0.15) is 22.0 Å². The number of amides is 1. The molecule has 2 heterocycles. The van der Waals surface area contributed by atoms with Crippen molar-refractivity contribution in [1.29, 1.82) is 0 Å². The molecular formula is C23H17BrClNO4S. The molecule has 0 spiro atoms. The molecule has 1 aliphatic heterocycles. The molecular weight excluding hydrogens is 502 g/mol. The summed E-state index contributed by atoms with van der Waals surface area (Å²) in [5, 5.41) is 13.5. The molecule has 1 aliphatic rings. The average molecular weight is 519 g/mol. The standard InChI is InChI=1S/C23H17BrClNO4S/c1-12-5-7-14(25)11-16(12)26-20(18-4-3-9-31-18)19(22(28)23(26)29)21(27)13-6-8-17(30-2)15(24)10-13/h3-11,20,27H,1-2H3/b21-19-. The molecule has 8 heteroatoms. The number of Topliss-reactive ketones (excluding diaryl/α,β-unsaturated/α-hetero) is 1. The van der Waals surface area contributed by atoms with Crippen LogP contribution < -0.4 is 9.64 Å². The van der Waals surface area contributed by atoms with E-state index in [0.717, 1.165) is 10.4 Å². The Morgan fingerprint density at radius 3 is 2.61 bits per heavy atom. The molecule has 158 valence electrons. The smallest absolute Gasteiger partial charge is 0.300 e. The van der Waals surface area contributed by atoms with E-state index in [2.05, 4.69) is 15.9 Å². The number of aliphatic hydroxyl groups is 1. The molecule has 5 nitrogen and oxygen atoms in total. The second-order valence-corrected chi connectivity index (χ2v) is 9.23. The van der Waals surface area contributed by atoms with Gasteiger partial charge in [0.05, 0.1) is 17.2 Å². The van der Waals surface area contributed by atoms with Crippen LogP contribution in [0.2, 0.25) is 5.02 Å². The molecule has 1 fully saturated rings. The Kier molecular flexibility index (Phi) is 5.92. The van der Waals surface area contributed by atoms with Gasteiger partial charge in [0.15, 0.2) is 0 Å². The first kappa shape index (κ1) is 21.6. The number of carbonyl (C=O) groups excluding carboxylic acids is 2. The van der Waals surface area contributed by atoms with Gasteiger partial charge >= 0.3 is 0 Å². The minimum absolute atomic E-state index is 0.0314. The first-order valence-electron chi connectivity index (χ1n) is 9.28. The van der Waals surface area contributed by atoms with Gasteiger partial charge in [-0.15, -0.1) is 11.3 Å². The molecule has 0 bridgehead atoms. The van der Waals surface area contributed by atoms with Crippen molar-refractivity contribution in [1.82, 2.24) is 0 Å². The lowest BCUT2D eigenvalue weighted by Crippen LogP contribution is -2.29. The Morgan fingerprint density at radius 2 is 1.97 bits per heavy atom. The van der Waals surface area contributed by atoms with Gasteiger partial charge in [-0.05, 0) is 70.2 Å². The van der Waals surface area contributed by atoms with Gasteiger partial charge in [-0.25, -0.2) is 0 Å². The number of hydrogen-bond donors (Lipinski definition) is 1. The predicted octanol–water partition coefficient (Wildman–Crippen LogP) is 6.11. The molecule has 31 heavy (non-hydrogen) atoms. The van der Waals surface area contributed by atoms with E-state index in [1.807, 2.05) is 24.4 Å². The second-order valence-electron chi connectivity index (χ2n) is 6.96. The lowest BCUT2D eigenvalue weighted by Gasteiger charge is -2.26. The maximum Gasteiger partial charge on any atom is 0.300 e. The Morgan fingerprint density at radius 1 is 1.19 bits per heavy atom. The van der Waals surface area contributed by atoms with Crippen LogP contribution in [-0.4, -0.2) is 23.9 Å². The Bertz CT molecular complexity index is 1220. The van der Waals surface area contributed by atoms with Crippen LogP contribution >= 0.6 is 38.9 Å². The third kappa shape index (κ3) is 3.78. The van der Waals surface area contributed by atoms with Crippen molar-refractivity contribution in [2.45, 2.75) is 13.0 Å². The van der Waals surface area contributed by atoms with E-state index in [1.165, 1.54) is 23.3 Å². The summed E-state index contributed by atoms with van der Waals surface area (Å²) in [6.45, 7) is 1.84. The SMILES string of the molecule is COc1ccc(/C(O)=C2/C(=O)C(=O)N(c3cc(Cl)ccc3C)C2c2cccs2)cc1Br. The van der Waals surface area contributed by atoms with E-state index in [0.29, 0.717) is 26.5 Å². The number of methoxy groups -OCH3 is 1. The number of halogens is 2. The quantitative estimate of drug-likeness (QED) is 0.257. The van der Waals surface area contributed by atoms with Crippen molar-refractivity contribution in [2.75, 3.05) is 12.0 Å². The maximum absolute atomic E-state index is 13.2. The van der Waals surface area contributed by atoms with Gasteiger partial charge in [-0.1, -0.05) is 23.7 Å². The molecule has 0 aliphatic carbocycles. The molecule has 1 atom stereocenters. The number of anilines is 1. The number of ether oxygens (including phenoxy) is 1. The van der Waals surface area contributed by atoms with Crippen molar-refractivity contribution in [3.05, 3.63) is 85.0 Å². The van der Waals surface area contributed by atoms with E-state index in [4.69, 9.17) is 16.3 Å². The largest absolute Gasteiger partial charge is 0.507 e. The molecule has 0 radical (unpaired) electrons. The third-order valence-corrected chi connectivity index (χ3v) is 6.89. The van der Waals surface area contributed by atoms with Crippen LogP contribution in [0.15, 0.2) is 64.0 Å². The zero-order chi connectivity index (χ0) is 22.3. The Balaban J connectivity index is 1.94. The van der Waals surface area contributed by atoms with Crippen LogP contribution in [0.3, 0.4) is 0 Å². The van der Waals surface area contributed by atoms with Crippen LogP contribution in [0, 0.1) is 6.92 Å². The number of aryl methyl sites for hydroxylation is 1. The highest BCUT2D eigenvalue weighted by Gasteiger charge is 2.47. The van der Waals surface area contributed by atoms with Crippen LogP contribution in [0.25, 0.3) is 5.76 Å². The van der Waals surface area contributed by atoms with Gasteiger partial charge < -0.3 is 9.84 Å². The van der Waals surface area contributed by atoms with Crippen molar-refractivity contribution in [3.63, 3.8) is 0 Å². The molecule has 0 saturated carbocycles. The molecule has 3 aromatic rings. The Labute approximate surface area is 196 Å². The zero-order valence-electron chi connectivity index (χ0n) is 16.6. The van der Waals surface area contributed by atoms with E-state index < -0.39 is 17.7 Å². The van der Waals surface area contributed by atoms with E-state index in [9.17, 15) is 14.7 Å². The van der Waals surface area contributed by atoms with Gasteiger partial charge in [-0.2, -0.15) is 0 Å². The number of ketones is 1. The Hall–Kier alpha value is -2.61. The summed E-state index contributed by atoms with van der Waals surface area (Å²) in [7, 11) is 1.54. The number of hydrogen-bond acceptors (Lipinski definition) is 5. The van der Waals surface area contributed by atoms with Gasteiger partial charge in [0.25, 0.3) is 11.7 Å². The van der Waals surface area contributed by atoms with Gasteiger partial charge in [-0.3, -0.25) is 14.5 Å². The number of nitrogens with zero attached hydrogens (tertiary/aromatic N) is 1. The first-order valence-corrected chi connectivity index (χ1v) is 11.3. The normalized spacial score (nSPS) is 17.9. The summed E-state index contributed by atoms with van der Waals surface area (Å²) in [6.07, 6.45) is 0. The predicted molar refractivity (Wildman–Crippen MR) is 126 cm³/mol. The fourth-order valence-electron chi connectivity index (χ4n) is 3.61. The van der Waals surface area contributed by atoms with Crippen molar-refractivity contribution < 1.29 is 19.4 Å². The topological polar surface area (TPSA) is 66.8 Å². The molecule has 1 saturated heterocycles. The van der Waals surface area contributed by atoms with Gasteiger partial charge in [0, 0.05) is 21.2 Å². The van der Waals surface area contributed by atoms with E-state index in [-0.39, 0.29) is 11.3 Å². The summed E-state index contributed by atoms with van der Waals surface area (Å²) in [4.78, 5) is 28.5. The number of thiophene rings is 1. The third-order valence-electron chi connectivity index (χ3n) is 5.11. The second kappa shape index (κ2) is 8.49. The van der Waals surface area contributed by atoms with Crippen LogP contribution in [0.4, 0.5) is 5.69 Å². The highest BCUT2D eigenvalue weighted by molar-refractivity contribution is 9.10. The fourth-order valence-corrected chi connectivity index (χ4v) is 5.14. The van der Waals surface area contributed by atoms with Gasteiger partial charge in [0.2, 0.25) is 0 Å². The minimum atomic E-state index is -0.766. The first-order chi connectivity index (χ1) is 14.8. The number of benzene rings is 2. The maximum atomic E-state index is 13.2. The van der Waals surface area contributed by atoms with Crippen LogP contribution in [0.5, 0.6) is 5.75 Å². The monoisotopic (exact) mass is 517 g/mol. The summed E-state index contributed by atoms with van der Waals surface area (Å²) in [5.41, 5.74) is 1.75. The van der Waals surface area contributed by atoms with Crippen molar-refractivity contribution in [2.24, 2.45) is 0 Å². The van der Waals surface area contributed by atoms with Crippen LogP contribution in [-0.2, 0) is 9.59 Å². The molecule has 4 rings (SSSR count). The molecule has 1 aromatic heterocycles. The van der Waals surface area contributed by atoms with Crippen molar-refractivity contribution in [3.8, 4) is 5.75 Å². The van der Waals surface area contributed by atoms with E-state index in [1.54, 1.807) is 36.4 Å². The number of rotatable bonds is 4.